The van der Waals surface area contributed by atoms with E-state index >= 15 is 0 Å². The quantitative estimate of drug-likeness (QED) is 0.348. The molecule has 1 rings (SSSR count). The van der Waals surface area contributed by atoms with Crippen molar-refractivity contribution in [1.29, 1.82) is 0 Å². The summed E-state index contributed by atoms with van der Waals surface area (Å²) in [6.45, 7) is 8.49. The van der Waals surface area contributed by atoms with Crippen molar-refractivity contribution in [2.24, 2.45) is 0 Å². The lowest BCUT2D eigenvalue weighted by Crippen LogP contribution is -2.14. The molecule has 3 nitrogen and oxygen atoms in total. The minimum absolute atomic E-state index is 0.0298. The number of para-hydroxylation sites is 1. The fourth-order valence-electron chi connectivity index (χ4n) is 1.73. The van der Waals surface area contributed by atoms with Gasteiger partial charge in [0.1, 0.15) is 11.5 Å². The van der Waals surface area contributed by atoms with E-state index < -0.39 is 5.97 Å². The number of halogens is 1. The molecule has 0 saturated heterocycles. The van der Waals surface area contributed by atoms with Gasteiger partial charge in [-0.05, 0) is 18.4 Å². The largest absolute Gasteiger partial charge is 0.463 e. The molecule has 0 fully saturated rings. The average Bonchev–Trinajstić information content (AvgIpc) is 2.37. The molecule has 0 aliphatic rings. The summed E-state index contributed by atoms with van der Waals surface area (Å²) in [6, 6.07) is 7.84. The minimum atomic E-state index is -0.393. The third kappa shape index (κ3) is 5.00. The maximum Gasteiger partial charge on any atom is 0.334 e. The highest BCUT2D eigenvalue weighted by Crippen LogP contribution is 2.32. The smallest absolute Gasteiger partial charge is 0.334 e. The van der Waals surface area contributed by atoms with Crippen LogP contribution in [-0.2, 0) is 14.9 Å². The second kappa shape index (κ2) is 7.48. The summed E-state index contributed by atoms with van der Waals surface area (Å²) in [7, 11) is 0. The number of ether oxygens (including phenoxy) is 2. The van der Waals surface area contributed by atoms with Crippen LogP contribution in [0.15, 0.2) is 36.1 Å². The van der Waals surface area contributed by atoms with Crippen molar-refractivity contribution >= 4 is 21.9 Å². The van der Waals surface area contributed by atoms with Crippen LogP contribution < -0.4 is 4.74 Å². The molecular weight excluding hydrogens is 320 g/mol. The third-order valence-electron chi connectivity index (χ3n) is 2.63. The van der Waals surface area contributed by atoms with E-state index in [0.717, 1.165) is 11.3 Å². The molecule has 0 bridgehead atoms. The van der Waals surface area contributed by atoms with Crippen LogP contribution in [0.5, 0.6) is 5.75 Å². The zero-order valence-electron chi connectivity index (χ0n) is 12.4. The van der Waals surface area contributed by atoms with Gasteiger partial charge in [0.15, 0.2) is 0 Å². The number of rotatable bonds is 5. The summed E-state index contributed by atoms with van der Waals surface area (Å²) in [5.41, 5.74) is 1.06. The van der Waals surface area contributed by atoms with Crippen LogP contribution in [0.4, 0.5) is 0 Å². The van der Waals surface area contributed by atoms with Crippen molar-refractivity contribution in [1.82, 2.24) is 0 Å². The summed E-state index contributed by atoms with van der Waals surface area (Å²) < 4.78 is 10.7. The maximum atomic E-state index is 11.5. The molecule has 0 aromatic heterocycles. The number of esters is 1. The Morgan fingerprint density at radius 3 is 2.50 bits per heavy atom. The molecule has 0 N–H and O–H groups in total. The zero-order chi connectivity index (χ0) is 15.2. The normalized spacial score (nSPS) is 12.2. The van der Waals surface area contributed by atoms with Gasteiger partial charge >= 0.3 is 5.97 Å². The molecule has 0 aliphatic carbocycles. The van der Waals surface area contributed by atoms with E-state index in [0.29, 0.717) is 17.7 Å². The van der Waals surface area contributed by atoms with Crippen LogP contribution >= 0.6 is 15.9 Å². The van der Waals surface area contributed by atoms with Crippen molar-refractivity contribution in [3.05, 3.63) is 41.7 Å². The van der Waals surface area contributed by atoms with Crippen LogP contribution in [0.2, 0.25) is 0 Å². The number of carbonyl (C=O) groups excluding carboxylic acids is 1. The van der Waals surface area contributed by atoms with Gasteiger partial charge in [0, 0.05) is 5.56 Å². The number of allylic oxidation sites excluding steroid dienone is 1. The Morgan fingerprint density at radius 1 is 1.30 bits per heavy atom. The topological polar surface area (TPSA) is 35.5 Å². The van der Waals surface area contributed by atoms with E-state index in [-0.39, 0.29) is 5.41 Å². The Hall–Kier alpha value is -1.29. The first-order valence-electron chi connectivity index (χ1n) is 6.59. The van der Waals surface area contributed by atoms with Crippen LogP contribution in [0, 0.1) is 0 Å². The Labute approximate surface area is 129 Å². The molecule has 1 aromatic carbocycles. The Kier molecular flexibility index (Phi) is 6.27. The lowest BCUT2D eigenvalue weighted by Gasteiger charge is -2.22. The maximum absolute atomic E-state index is 11.5. The highest BCUT2D eigenvalue weighted by Gasteiger charge is 2.19. The molecule has 0 amide bonds. The third-order valence-corrected chi connectivity index (χ3v) is 3.19. The molecular formula is C16H21BrO3. The summed E-state index contributed by atoms with van der Waals surface area (Å²) in [5, 5.41) is 0.449. The van der Waals surface area contributed by atoms with E-state index in [1.54, 1.807) is 6.92 Å². The molecule has 0 atom stereocenters. The van der Waals surface area contributed by atoms with Crippen molar-refractivity contribution in [3.8, 4) is 5.75 Å². The first kappa shape index (κ1) is 16.8. The van der Waals surface area contributed by atoms with Gasteiger partial charge in [-0.3, -0.25) is 0 Å². The van der Waals surface area contributed by atoms with E-state index in [1.165, 1.54) is 6.08 Å². The molecule has 0 spiro atoms. The van der Waals surface area contributed by atoms with Crippen molar-refractivity contribution in [2.45, 2.75) is 33.1 Å². The van der Waals surface area contributed by atoms with Crippen molar-refractivity contribution in [3.63, 3.8) is 0 Å². The predicted octanol–water partition coefficient (Wildman–Crippen LogP) is 4.20. The van der Waals surface area contributed by atoms with Gasteiger partial charge < -0.3 is 9.47 Å². The molecule has 1 aromatic rings. The first-order chi connectivity index (χ1) is 9.38. The molecule has 4 heteroatoms. The second-order valence-corrected chi connectivity index (χ2v) is 5.91. The standard InChI is InChI=1S/C16H21BrO3/c1-5-19-15(18)10-12(11-17)20-14-9-7-6-8-13(14)16(2,3)4/h6-10H,5,11H2,1-4H3/b12-10-. The van der Waals surface area contributed by atoms with Gasteiger partial charge in [-0.1, -0.05) is 54.9 Å². The Morgan fingerprint density at radius 2 is 1.95 bits per heavy atom. The van der Waals surface area contributed by atoms with Gasteiger partial charge in [0.25, 0.3) is 0 Å². The lowest BCUT2D eigenvalue weighted by atomic mass is 9.86. The van der Waals surface area contributed by atoms with E-state index in [1.807, 2.05) is 24.3 Å². The first-order valence-corrected chi connectivity index (χ1v) is 7.71. The van der Waals surface area contributed by atoms with Crippen molar-refractivity contribution < 1.29 is 14.3 Å². The molecule has 0 unspecified atom stereocenters. The number of alkyl halides is 1. The fraction of sp³-hybridized carbons (Fsp3) is 0.438. The summed E-state index contributed by atoms with van der Waals surface area (Å²) >= 11 is 3.33. The number of benzene rings is 1. The van der Waals surface area contributed by atoms with Crippen molar-refractivity contribution in [2.75, 3.05) is 11.9 Å². The van der Waals surface area contributed by atoms with Crippen LogP contribution in [0.1, 0.15) is 33.3 Å². The van der Waals surface area contributed by atoms with E-state index in [4.69, 9.17) is 9.47 Å². The lowest BCUT2D eigenvalue weighted by molar-refractivity contribution is -0.137. The Balaban J connectivity index is 2.99. The van der Waals surface area contributed by atoms with Gasteiger partial charge in [-0.2, -0.15) is 0 Å². The molecule has 110 valence electrons. The number of hydrogen-bond donors (Lipinski definition) is 0. The fourth-order valence-corrected chi connectivity index (χ4v) is 2.00. The highest BCUT2D eigenvalue weighted by molar-refractivity contribution is 9.09. The van der Waals surface area contributed by atoms with Crippen LogP contribution in [-0.4, -0.2) is 17.9 Å². The van der Waals surface area contributed by atoms with Crippen LogP contribution in [0.3, 0.4) is 0 Å². The summed E-state index contributed by atoms with van der Waals surface area (Å²) in [5.74, 6) is 0.894. The SMILES string of the molecule is CCOC(=O)/C=C(/CBr)Oc1ccccc1C(C)(C)C. The number of carbonyl (C=O) groups is 1. The monoisotopic (exact) mass is 340 g/mol. The molecule has 20 heavy (non-hydrogen) atoms. The van der Waals surface area contributed by atoms with E-state index in [9.17, 15) is 4.79 Å². The van der Waals surface area contributed by atoms with Gasteiger partial charge in [0.2, 0.25) is 0 Å². The zero-order valence-corrected chi connectivity index (χ0v) is 14.0. The predicted molar refractivity (Wildman–Crippen MR) is 84.3 cm³/mol. The van der Waals surface area contributed by atoms with E-state index in [2.05, 4.69) is 36.7 Å². The second-order valence-electron chi connectivity index (χ2n) is 5.34. The number of hydrogen-bond acceptors (Lipinski definition) is 3. The molecule has 0 radical (unpaired) electrons. The van der Waals surface area contributed by atoms with Gasteiger partial charge in [0.05, 0.1) is 18.0 Å². The summed E-state index contributed by atoms with van der Waals surface area (Å²) in [4.78, 5) is 11.5. The summed E-state index contributed by atoms with van der Waals surface area (Å²) in [6.07, 6.45) is 1.37. The van der Waals surface area contributed by atoms with Gasteiger partial charge in [-0.15, -0.1) is 0 Å². The molecule has 0 heterocycles. The van der Waals surface area contributed by atoms with Gasteiger partial charge in [-0.25, -0.2) is 4.79 Å². The van der Waals surface area contributed by atoms with Crippen LogP contribution in [0.25, 0.3) is 0 Å². The minimum Gasteiger partial charge on any atom is -0.463 e. The Bertz CT molecular complexity index is 487. The molecule has 0 aliphatic heterocycles. The molecule has 0 saturated carbocycles. The highest BCUT2D eigenvalue weighted by atomic mass is 79.9. The average molecular weight is 341 g/mol.